The van der Waals surface area contributed by atoms with Crippen molar-refractivity contribution in [3.8, 4) is 0 Å². The molecule has 1 atom stereocenters. The molecule has 1 unspecified atom stereocenters. The molecule has 1 heterocycles. The monoisotopic (exact) mass is 239 g/mol. The number of para-hydroxylation sites is 2. The first kappa shape index (κ1) is 10.9. The van der Waals surface area contributed by atoms with Crippen molar-refractivity contribution < 1.29 is 9.46 Å². The maximum absolute atomic E-state index is 11.7. The molecule has 84 valence electrons. The number of aromatic nitrogens is 2. The van der Waals surface area contributed by atoms with Crippen LogP contribution in [0.1, 0.15) is 0 Å². The van der Waals surface area contributed by atoms with Crippen LogP contribution in [0.4, 0.5) is 0 Å². The zero-order valence-corrected chi connectivity index (χ0v) is 9.39. The average molecular weight is 239 g/mol. The summed E-state index contributed by atoms with van der Waals surface area (Å²) in [5.74, 6) is 5.55. The van der Waals surface area contributed by atoms with Gasteiger partial charge in [0.1, 0.15) is 0 Å². The summed E-state index contributed by atoms with van der Waals surface area (Å²) in [6, 6.07) is 6.65. The molecule has 0 radical (unpaired) electrons. The molecule has 16 heavy (non-hydrogen) atoms. The molecule has 3 N–H and O–H groups in total. The lowest BCUT2D eigenvalue weighted by molar-refractivity contribution is 0.495. The number of nitrogens with zero attached hydrogens (tertiary/aromatic N) is 2. The van der Waals surface area contributed by atoms with Crippen LogP contribution >= 0.6 is 7.37 Å². The first-order valence-electron chi connectivity index (χ1n) is 4.49. The van der Waals surface area contributed by atoms with Gasteiger partial charge in [-0.1, -0.05) is 12.1 Å². The second kappa shape index (κ2) is 3.43. The van der Waals surface area contributed by atoms with Crippen molar-refractivity contribution in [1.29, 1.82) is 0 Å². The number of nitrogens with two attached hydrogens (primary N) is 1. The Balaban J connectivity index is 2.96. The highest BCUT2D eigenvalue weighted by Crippen LogP contribution is 2.31. The second-order valence-corrected chi connectivity index (χ2v) is 5.66. The Hall–Kier alpha value is -1.65. The van der Waals surface area contributed by atoms with Gasteiger partial charge in [-0.25, -0.2) is 9.66 Å². The average Bonchev–Trinajstić information content (AvgIpc) is 2.22. The van der Waals surface area contributed by atoms with Gasteiger partial charge in [-0.2, -0.15) is 0 Å². The topological polar surface area (TPSA) is 98.2 Å². The minimum atomic E-state index is -3.71. The molecule has 0 saturated heterocycles. The van der Waals surface area contributed by atoms with E-state index in [-0.39, 0.29) is 0 Å². The van der Waals surface area contributed by atoms with E-state index in [1.54, 1.807) is 24.3 Å². The van der Waals surface area contributed by atoms with E-state index in [1.165, 1.54) is 0 Å². The summed E-state index contributed by atoms with van der Waals surface area (Å²) >= 11 is 0. The molecule has 0 amide bonds. The summed E-state index contributed by atoms with van der Waals surface area (Å²) < 4.78 is 12.3. The molecule has 7 heteroatoms. The summed E-state index contributed by atoms with van der Waals surface area (Å²) in [5, 5.41) is 0. The summed E-state index contributed by atoms with van der Waals surface area (Å²) in [6.07, 6.45) is 0. The number of fused-ring (bicyclic) bond motifs is 1. The standard InChI is InChI=1S/C9H10N3O3P/c1-16(14,15)8-9(13)12(10)7-5-3-2-4-6(7)11-8/h2-5H,10H2,1H3,(H,14,15). The van der Waals surface area contributed by atoms with Crippen molar-refractivity contribution in [2.75, 3.05) is 12.5 Å². The lowest BCUT2D eigenvalue weighted by Gasteiger charge is -2.08. The lowest BCUT2D eigenvalue weighted by atomic mass is 10.3. The first-order chi connectivity index (χ1) is 7.41. The van der Waals surface area contributed by atoms with E-state index < -0.39 is 18.4 Å². The van der Waals surface area contributed by atoms with Crippen LogP contribution in [0, 0.1) is 0 Å². The Morgan fingerprint density at radius 3 is 2.69 bits per heavy atom. The van der Waals surface area contributed by atoms with Crippen molar-refractivity contribution >= 4 is 23.8 Å². The fraction of sp³-hybridized carbons (Fsp3) is 0.111. The van der Waals surface area contributed by atoms with Crippen LogP contribution in [-0.2, 0) is 4.57 Å². The third-order valence-electron chi connectivity index (χ3n) is 2.17. The van der Waals surface area contributed by atoms with Gasteiger partial charge in [0.25, 0.3) is 0 Å². The molecule has 0 fully saturated rings. The van der Waals surface area contributed by atoms with Gasteiger partial charge >= 0.3 is 5.56 Å². The number of benzene rings is 1. The Bertz CT molecular complexity index is 659. The number of hydrogen-bond donors (Lipinski definition) is 2. The maximum atomic E-state index is 11.7. The van der Waals surface area contributed by atoms with Gasteiger partial charge in [0, 0.05) is 6.66 Å². The Morgan fingerprint density at radius 1 is 1.44 bits per heavy atom. The molecule has 0 spiro atoms. The Kier molecular flexibility index (Phi) is 2.33. The molecule has 1 aromatic heterocycles. The van der Waals surface area contributed by atoms with E-state index in [0.29, 0.717) is 11.0 Å². The maximum Gasteiger partial charge on any atom is 0.301 e. The molecule has 2 rings (SSSR count). The quantitative estimate of drug-likeness (QED) is 0.523. The van der Waals surface area contributed by atoms with Crippen LogP contribution < -0.4 is 16.8 Å². The molecule has 0 aliphatic carbocycles. The summed E-state index contributed by atoms with van der Waals surface area (Å²) in [4.78, 5) is 24.9. The third-order valence-corrected chi connectivity index (χ3v) is 3.25. The summed E-state index contributed by atoms with van der Waals surface area (Å²) in [7, 11) is -3.71. The van der Waals surface area contributed by atoms with Gasteiger partial charge in [0.2, 0.25) is 7.37 Å². The van der Waals surface area contributed by atoms with E-state index in [2.05, 4.69) is 4.98 Å². The first-order valence-corrected chi connectivity index (χ1v) is 6.59. The summed E-state index contributed by atoms with van der Waals surface area (Å²) in [5.41, 5.74) is -0.304. The molecular formula is C9H10N3O3P. The second-order valence-electron chi connectivity index (χ2n) is 3.48. The molecule has 0 aliphatic heterocycles. The van der Waals surface area contributed by atoms with E-state index in [4.69, 9.17) is 5.84 Å². The molecule has 0 aliphatic rings. The zero-order chi connectivity index (χ0) is 11.9. The molecular weight excluding hydrogens is 229 g/mol. The predicted molar refractivity (Wildman–Crippen MR) is 61.5 cm³/mol. The van der Waals surface area contributed by atoms with Gasteiger partial charge in [-0.05, 0) is 12.1 Å². The van der Waals surface area contributed by atoms with Crippen LogP contribution in [0.25, 0.3) is 11.0 Å². The van der Waals surface area contributed by atoms with Crippen LogP contribution in [0.15, 0.2) is 29.1 Å². The number of rotatable bonds is 1. The van der Waals surface area contributed by atoms with Gasteiger partial charge < -0.3 is 10.7 Å². The van der Waals surface area contributed by atoms with E-state index >= 15 is 0 Å². The fourth-order valence-electron chi connectivity index (χ4n) is 1.41. The molecule has 0 saturated carbocycles. The highest BCUT2D eigenvalue weighted by molar-refractivity contribution is 7.65. The Labute approximate surface area is 90.8 Å². The largest absolute Gasteiger partial charge is 0.340 e. The van der Waals surface area contributed by atoms with Gasteiger partial charge in [0.05, 0.1) is 11.0 Å². The van der Waals surface area contributed by atoms with Gasteiger partial charge in [0.15, 0.2) is 5.44 Å². The van der Waals surface area contributed by atoms with Crippen molar-refractivity contribution in [2.24, 2.45) is 0 Å². The smallest absolute Gasteiger partial charge is 0.301 e. The van der Waals surface area contributed by atoms with E-state index in [0.717, 1.165) is 11.3 Å². The van der Waals surface area contributed by atoms with Crippen molar-refractivity contribution in [2.45, 2.75) is 0 Å². The zero-order valence-electron chi connectivity index (χ0n) is 8.49. The van der Waals surface area contributed by atoms with Crippen molar-refractivity contribution in [3.63, 3.8) is 0 Å². The van der Waals surface area contributed by atoms with Crippen LogP contribution in [0.2, 0.25) is 0 Å². The highest BCUT2D eigenvalue weighted by Gasteiger charge is 2.22. The minimum Gasteiger partial charge on any atom is -0.340 e. The van der Waals surface area contributed by atoms with Crippen molar-refractivity contribution in [3.05, 3.63) is 34.6 Å². The third kappa shape index (κ3) is 1.62. The van der Waals surface area contributed by atoms with Crippen LogP contribution in [0.3, 0.4) is 0 Å². The predicted octanol–water partition coefficient (Wildman–Crippen LogP) is -0.364. The van der Waals surface area contributed by atoms with E-state index in [9.17, 15) is 14.3 Å². The number of nitrogen functional groups attached to an aromatic ring is 1. The molecule has 0 bridgehead atoms. The van der Waals surface area contributed by atoms with Gasteiger partial charge in [-0.15, -0.1) is 0 Å². The SMILES string of the molecule is CP(=O)(O)c1nc2ccccc2n(N)c1=O. The van der Waals surface area contributed by atoms with Crippen LogP contribution in [-0.4, -0.2) is 21.2 Å². The normalized spacial score (nSPS) is 14.9. The lowest BCUT2D eigenvalue weighted by Crippen LogP contribution is -2.40. The fourth-order valence-corrected chi connectivity index (χ4v) is 2.17. The summed E-state index contributed by atoms with van der Waals surface area (Å²) in [6.45, 7) is 1.06. The highest BCUT2D eigenvalue weighted by atomic mass is 31.2. The molecule has 6 nitrogen and oxygen atoms in total. The van der Waals surface area contributed by atoms with E-state index in [1.807, 2.05) is 0 Å². The van der Waals surface area contributed by atoms with Crippen LogP contribution in [0.5, 0.6) is 0 Å². The number of hydrogen-bond acceptors (Lipinski definition) is 4. The minimum absolute atomic E-state index is 0.395. The Morgan fingerprint density at radius 2 is 2.06 bits per heavy atom. The molecule has 1 aromatic carbocycles. The molecule has 2 aromatic rings. The van der Waals surface area contributed by atoms with Crippen molar-refractivity contribution in [1.82, 2.24) is 9.66 Å². The van der Waals surface area contributed by atoms with Gasteiger partial charge in [-0.3, -0.25) is 9.36 Å².